The lowest BCUT2D eigenvalue weighted by molar-refractivity contribution is 0.283. The standard InChI is InChI=1S/C12H16N4O/c17-8-3-1-2-6-13-11-10-5-4-7-14-12(10)16-9-15-11/h4-5,7,9,17H,1-3,6,8H2,(H,13,14,15,16). The number of hydrogen-bond donors (Lipinski definition) is 2. The molecule has 0 fully saturated rings. The highest BCUT2D eigenvalue weighted by Gasteiger charge is 2.02. The first-order chi connectivity index (χ1) is 8.42. The topological polar surface area (TPSA) is 70.9 Å². The summed E-state index contributed by atoms with van der Waals surface area (Å²) in [5.74, 6) is 0.826. The SMILES string of the molecule is OCCCCCNc1ncnc2ncccc12. The van der Waals surface area contributed by atoms with Gasteiger partial charge in [0.15, 0.2) is 5.65 Å². The molecule has 0 amide bonds. The van der Waals surface area contributed by atoms with E-state index in [2.05, 4.69) is 20.3 Å². The Labute approximate surface area is 99.9 Å². The lowest BCUT2D eigenvalue weighted by Gasteiger charge is -2.07. The van der Waals surface area contributed by atoms with Crippen LogP contribution in [-0.2, 0) is 0 Å². The molecular formula is C12H16N4O. The average molecular weight is 232 g/mol. The van der Waals surface area contributed by atoms with Gasteiger partial charge in [-0.25, -0.2) is 15.0 Å². The van der Waals surface area contributed by atoms with Gasteiger partial charge in [0.2, 0.25) is 0 Å². The van der Waals surface area contributed by atoms with E-state index in [1.165, 1.54) is 6.33 Å². The molecule has 17 heavy (non-hydrogen) atoms. The highest BCUT2D eigenvalue weighted by Crippen LogP contribution is 2.16. The van der Waals surface area contributed by atoms with Crippen LogP contribution >= 0.6 is 0 Å². The Kier molecular flexibility index (Phi) is 4.21. The maximum atomic E-state index is 8.67. The van der Waals surface area contributed by atoms with Gasteiger partial charge in [0.1, 0.15) is 12.1 Å². The van der Waals surface area contributed by atoms with Gasteiger partial charge in [-0.1, -0.05) is 0 Å². The molecule has 0 radical (unpaired) electrons. The van der Waals surface area contributed by atoms with Crippen LogP contribution in [0.4, 0.5) is 5.82 Å². The van der Waals surface area contributed by atoms with Crippen molar-refractivity contribution in [3.05, 3.63) is 24.7 Å². The van der Waals surface area contributed by atoms with E-state index in [1.54, 1.807) is 6.20 Å². The van der Waals surface area contributed by atoms with Crippen molar-refractivity contribution in [2.45, 2.75) is 19.3 Å². The zero-order valence-corrected chi connectivity index (χ0v) is 9.63. The number of aromatic nitrogens is 3. The summed E-state index contributed by atoms with van der Waals surface area (Å²) in [6.07, 6.45) is 6.14. The highest BCUT2D eigenvalue weighted by atomic mass is 16.2. The van der Waals surface area contributed by atoms with E-state index in [1.807, 2.05) is 12.1 Å². The molecule has 2 rings (SSSR count). The van der Waals surface area contributed by atoms with Crippen LogP contribution in [0.5, 0.6) is 0 Å². The Morgan fingerprint density at radius 2 is 2.06 bits per heavy atom. The van der Waals surface area contributed by atoms with E-state index < -0.39 is 0 Å². The third kappa shape index (κ3) is 3.10. The van der Waals surface area contributed by atoms with Gasteiger partial charge in [0.05, 0.1) is 5.39 Å². The minimum Gasteiger partial charge on any atom is -0.396 e. The van der Waals surface area contributed by atoms with E-state index in [-0.39, 0.29) is 6.61 Å². The molecule has 2 N–H and O–H groups in total. The quantitative estimate of drug-likeness (QED) is 0.740. The van der Waals surface area contributed by atoms with Crippen LogP contribution in [-0.4, -0.2) is 33.2 Å². The van der Waals surface area contributed by atoms with Gasteiger partial charge in [-0.15, -0.1) is 0 Å². The number of pyridine rings is 1. The van der Waals surface area contributed by atoms with Gasteiger partial charge >= 0.3 is 0 Å². The van der Waals surface area contributed by atoms with Crippen LogP contribution in [0.15, 0.2) is 24.7 Å². The molecule has 0 unspecified atom stereocenters. The number of anilines is 1. The number of fused-ring (bicyclic) bond motifs is 1. The number of nitrogens with zero attached hydrogens (tertiary/aromatic N) is 3. The molecule has 0 atom stereocenters. The minimum atomic E-state index is 0.264. The summed E-state index contributed by atoms with van der Waals surface area (Å²) in [5.41, 5.74) is 0.709. The fraction of sp³-hybridized carbons (Fsp3) is 0.417. The summed E-state index contributed by atoms with van der Waals surface area (Å²) < 4.78 is 0. The van der Waals surface area contributed by atoms with Gasteiger partial charge in [-0.3, -0.25) is 0 Å². The molecule has 0 spiro atoms. The predicted octanol–water partition coefficient (Wildman–Crippen LogP) is 1.60. The number of hydrogen-bond acceptors (Lipinski definition) is 5. The van der Waals surface area contributed by atoms with Crippen molar-refractivity contribution >= 4 is 16.9 Å². The first-order valence-electron chi connectivity index (χ1n) is 5.82. The molecule has 2 aromatic rings. The number of rotatable bonds is 6. The Balaban J connectivity index is 1.98. The Morgan fingerprint density at radius 1 is 1.12 bits per heavy atom. The Hall–Kier alpha value is -1.75. The Morgan fingerprint density at radius 3 is 2.94 bits per heavy atom. The molecule has 2 aromatic heterocycles. The van der Waals surface area contributed by atoms with Crippen molar-refractivity contribution < 1.29 is 5.11 Å². The summed E-state index contributed by atoms with van der Waals surface area (Å²) >= 11 is 0. The zero-order valence-electron chi connectivity index (χ0n) is 9.63. The monoisotopic (exact) mass is 232 g/mol. The smallest absolute Gasteiger partial charge is 0.164 e. The number of aliphatic hydroxyl groups excluding tert-OH is 1. The van der Waals surface area contributed by atoms with Crippen molar-refractivity contribution in [1.29, 1.82) is 0 Å². The van der Waals surface area contributed by atoms with Gasteiger partial charge in [-0.05, 0) is 31.4 Å². The van der Waals surface area contributed by atoms with E-state index in [0.717, 1.165) is 37.0 Å². The molecule has 0 aliphatic carbocycles. The van der Waals surface area contributed by atoms with Gasteiger partial charge in [0.25, 0.3) is 0 Å². The van der Waals surface area contributed by atoms with E-state index in [0.29, 0.717) is 5.65 Å². The molecule has 0 bridgehead atoms. The van der Waals surface area contributed by atoms with Gasteiger partial charge in [0, 0.05) is 19.3 Å². The molecule has 0 saturated heterocycles. The summed E-state index contributed by atoms with van der Waals surface area (Å²) in [5, 5.41) is 12.9. The van der Waals surface area contributed by atoms with Crippen LogP contribution in [0.1, 0.15) is 19.3 Å². The molecule has 5 heteroatoms. The summed E-state index contributed by atoms with van der Waals surface area (Å²) in [6, 6.07) is 3.83. The molecule has 0 aliphatic heterocycles. The second-order valence-electron chi connectivity index (χ2n) is 3.81. The lowest BCUT2D eigenvalue weighted by atomic mass is 10.2. The van der Waals surface area contributed by atoms with Crippen LogP contribution in [0.25, 0.3) is 11.0 Å². The first kappa shape index (κ1) is 11.7. The third-order valence-electron chi connectivity index (χ3n) is 2.54. The largest absolute Gasteiger partial charge is 0.396 e. The van der Waals surface area contributed by atoms with Gasteiger partial charge < -0.3 is 10.4 Å². The number of unbranched alkanes of at least 4 members (excludes halogenated alkanes) is 2. The molecule has 0 aliphatic rings. The third-order valence-corrected chi connectivity index (χ3v) is 2.54. The van der Waals surface area contributed by atoms with Crippen molar-refractivity contribution in [2.24, 2.45) is 0 Å². The fourth-order valence-electron chi connectivity index (χ4n) is 1.66. The predicted molar refractivity (Wildman–Crippen MR) is 66.8 cm³/mol. The highest BCUT2D eigenvalue weighted by molar-refractivity contribution is 5.85. The van der Waals surface area contributed by atoms with E-state index >= 15 is 0 Å². The number of aliphatic hydroxyl groups is 1. The second kappa shape index (κ2) is 6.10. The van der Waals surface area contributed by atoms with Crippen molar-refractivity contribution in [2.75, 3.05) is 18.5 Å². The molecule has 2 heterocycles. The second-order valence-corrected chi connectivity index (χ2v) is 3.81. The van der Waals surface area contributed by atoms with Crippen LogP contribution in [0, 0.1) is 0 Å². The maximum Gasteiger partial charge on any atom is 0.164 e. The maximum absolute atomic E-state index is 8.67. The summed E-state index contributed by atoms with van der Waals surface area (Å²) in [7, 11) is 0. The fourth-order valence-corrected chi connectivity index (χ4v) is 1.66. The average Bonchev–Trinajstić information content (AvgIpc) is 2.39. The molecule has 90 valence electrons. The van der Waals surface area contributed by atoms with E-state index in [9.17, 15) is 0 Å². The molecule has 0 aromatic carbocycles. The Bertz CT molecular complexity index is 470. The normalized spacial score (nSPS) is 10.6. The minimum absolute atomic E-state index is 0.264. The van der Waals surface area contributed by atoms with Crippen molar-refractivity contribution in [3.63, 3.8) is 0 Å². The van der Waals surface area contributed by atoms with Crippen LogP contribution < -0.4 is 5.32 Å². The molecule has 5 nitrogen and oxygen atoms in total. The number of nitrogens with one attached hydrogen (secondary N) is 1. The molecule has 0 saturated carbocycles. The van der Waals surface area contributed by atoms with Crippen molar-refractivity contribution in [3.8, 4) is 0 Å². The first-order valence-corrected chi connectivity index (χ1v) is 5.82. The van der Waals surface area contributed by atoms with Gasteiger partial charge in [-0.2, -0.15) is 0 Å². The lowest BCUT2D eigenvalue weighted by Crippen LogP contribution is -2.04. The van der Waals surface area contributed by atoms with Crippen molar-refractivity contribution in [1.82, 2.24) is 15.0 Å². The van der Waals surface area contributed by atoms with E-state index in [4.69, 9.17) is 5.11 Å². The van der Waals surface area contributed by atoms with Crippen LogP contribution in [0.3, 0.4) is 0 Å². The van der Waals surface area contributed by atoms with Crippen LogP contribution in [0.2, 0.25) is 0 Å². The summed E-state index contributed by atoms with van der Waals surface area (Å²) in [6.45, 7) is 1.11. The zero-order chi connectivity index (χ0) is 11.9. The summed E-state index contributed by atoms with van der Waals surface area (Å²) in [4.78, 5) is 12.5. The molecular weight excluding hydrogens is 216 g/mol.